The lowest BCUT2D eigenvalue weighted by atomic mass is 9.96. The summed E-state index contributed by atoms with van der Waals surface area (Å²) in [6, 6.07) is -0.117. The number of unbranched alkanes of at least 4 members (excludes halogenated alkanes) is 1. The Balaban J connectivity index is 2.67. The largest absolute Gasteiger partial charge is 0.338 e. The van der Waals surface area contributed by atoms with Gasteiger partial charge in [-0.25, -0.2) is 0 Å². The predicted octanol–water partition coefficient (Wildman–Crippen LogP) is 2.56. The molecule has 0 aliphatic heterocycles. The van der Waals surface area contributed by atoms with E-state index in [0.29, 0.717) is 5.89 Å². The maximum Gasteiger partial charge on any atom is 0.243 e. The number of nitrogens with zero attached hydrogens (tertiary/aromatic N) is 2. The SMILES string of the molecule is CCCCC(N)c1nc(C(C)(C)C)no1. The van der Waals surface area contributed by atoms with Gasteiger partial charge in [-0.2, -0.15) is 4.98 Å². The summed E-state index contributed by atoms with van der Waals surface area (Å²) >= 11 is 0. The predicted molar refractivity (Wildman–Crippen MR) is 59.5 cm³/mol. The molecule has 1 aromatic heterocycles. The molecule has 0 spiro atoms. The fourth-order valence-electron chi connectivity index (χ4n) is 1.24. The summed E-state index contributed by atoms with van der Waals surface area (Å²) < 4.78 is 5.16. The summed E-state index contributed by atoms with van der Waals surface area (Å²) in [6.45, 7) is 8.30. The Labute approximate surface area is 91.2 Å². The summed E-state index contributed by atoms with van der Waals surface area (Å²) in [5.41, 5.74) is 5.86. The molecule has 1 atom stereocenters. The van der Waals surface area contributed by atoms with Crippen molar-refractivity contribution in [2.45, 2.75) is 58.4 Å². The van der Waals surface area contributed by atoms with Crippen LogP contribution in [0.4, 0.5) is 0 Å². The van der Waals surface area contributed by atoms with Crippen LogP contribution < -0.4 is 5.73 Å². The van der Waals surface area contributed by atoms with Gasteiger partial charge in [-0.1, -0.05) is 45.7 Å². The molecule has 0 aromatic carbocycles. The van der Waals surface area contributed by atoms with E-state index in [1.54, 1.807) is 0 Å². The van der Waals surface area contributed by atoms with Gasteiger partial charge >= 0.3 is 0 Å². The maximum atomic E-state index is 5.94. The zero-order chi connectivity index (χ0) is 11.5. The van der Waals surface area contributed by atoms with Gasteiger partial charge in [0.1, 0.15) is 0 Å². The first kappa shape index (κ1) is 12.2. The van der Waals surface area contributed by atoms with Gasteiger partial charge in [0, 0.05) is 5.41 Å². The van der Waals surface area contributed by atoms with Crippen LogP contribution in [0.3, 0.4) is 0 Å². The van der Waals surface area contributed by atoms with Crippen molar-refractivity contribution in [2.75, 3.05) is 0 Å². The minimum Gasteiger partial charge on any atom is -0.338 e. The molecule has 0 bridgehead atoms. The van der Waals surface area contributed by atoms with E-state index < -0.39 is 0 Å². The Morgan fingerprint density at radius 2 is 2.07 bits per heavy atom. The normalized spacial score (nSPS) is 14.2. The van der Waals surface area contributed by atoms with E-state index in [9.17, 15) is 0 Å². The Bertz CT molecular complexity index is 301. The highest BCUT2D eigenvalue weighted by molar-refractivity contribution is 5.01. The molecule has 4 heteroatoms. The summed E-state index contributed by atoms with van der Waals surface area (Å²) in [4.78, 5) is 4.33. The van der Waals surface area contributed by atoms with Gasteiger partial charge in [0.15, 0.2) is 5.82 Å². The molecule has 86 valence electrons. The molecule has 4 nitrogen and oxygen atoms in total. The van der Waals surface area contributed by atoms with Crippen molar-refractivity contribution in [3.8, 4) is 0 Å². The summed E-state index contributed by atoms with van der Waals surface area (Å²) in [7, 11) is 0. The zero-order valence-electron chi connectivity index (χ0n) is 10.1. The molecule has 0 aliphatic rings. The molecule has 2 N–H and O–H groups in total. The van der Waals surface area contributed by atoms with E-state index in [0.717, 1.165) is 25.1 Å². The third kappa shape index (κ3) is 3.30. The lowest BCUT2D eigenvalue weighted by molar-refractivity contribution is 0.337. The molecule has 0 amide bonds. The van der Waals surface area contributed by atoms with Crippen molar-refractivity contribution in [3.05, 3.63) is 11.7 Å². The number of nitrogens with two attached hydrogens (primary N) is 1. The van der Waals surface area contributed by atoms with Gasteiger partial charge in [0.25, 0.3) is 0 Å². The highest BCUT2D eigenvalue weighted by Crippen LogP contribution is 2.21. The highest BCUT2D eigenvalue weighted by atomic mass is 16.5. The molecular formula is C11H21N3O. The standard InChI is InChI=1S/C11H21N3O/c1-5-6-7-8(12)9-13-10(14-15-9)11(2,3)4/h8H,5-7,12H2,1-4H3. The molecule has 1 heterocycles. The topological polar surface area (TPSA) is 64.9 Å². The summed E-state index contributed by atoms with van der Waals surface area (Å²) in [5, 5.41) is 3.95. The third-order valence-corrected chi connectivity index (χ3v) is 2.30. The van der Waals surface area contributed by atoms with Crippen molar-refractivity contribution in [1.29, 1.82) is 0 Å². The minimum absolute atomic E-state index is 0.0772. The van der Waals surface area contributed by atoms with Crippen LogP contribution >= 0.6 is 0 Å². The Morgan fingerprint density at radius 1 is 1.40 bits per heavy atom. The van der Waals surface area contributed by atoms with E-state index in [-0.39, 0.29) is 11.5 Å². The second kappa shape index (κ2) is 4.75. The molecule has 1 rings (SSSR count). The fraction of sp³-hybridized carbons (Fsp3) is 0.818. The van der Waals surface area contributed by atoms with Crippen molar-refractivity contribution < 1.29 is 4.52 Å². The van der Waals surface area contributed by atoms with Crippen LogP contribution in [0, 0.1) is 0 Å². The van der Waals surface area contributed by atoms with E-state index in [4.69, 9.17) is 10.3 Å². The number of aromatic nitrogens is 2. The van der Waals surface area contributed by atoms with E-state index in [1.807, 2.05) is 0 Å². The van der Waals surface area contributed by atoms with Gasteiger partial charge in [-0.05, 0) is 6.42 Å². The van der Waals surface area contributed by atoms with E-state index in [1.165, 1.54) is 0 Å². The smallest absolute Gasteiger partial charge is 0.243 e. The summed E-state index contributed by atoms with van der Waals surface area (Å²) in [6.07, 6.45) is 3.13. The second-order valence-corrected chi connectivity index (χ2v) is 4.95. The first-order valence-electron chi connectivity index (χ1n) is 5.54. The molecular weight excluding hydrogens is 190 g/mol. The van der Waals surface area contributed by atoms with Crippen LogP contribution in [0.25, 0.3) is 0 Å². The zero-order valence-corrected chi connectivity index (χ0v) is 10.1. The van der Waals surface area contributed by atoms with Crippen molar-refractivity contribution in [3.63, 3.8) is 0 Å². The average Bonchev–Trinajstić information content (AvgIpc) is 2.62. The van der Waals surface area contributed by atoms with Gasteiger partial charge in [-0.3, -0.25) is 0 Å². The van der Waals surface area contributed by atoms with E-state index in [2.05, 4.69) is 37.8 Å². The van der Waals surface area contributed by atoms with Gasteiger partial charge in [0.05, 0.1) is 6.04 Å². The van der Waals surface area contributed by atoms with Crippen molar-refractivity contribution in [2.24, 2.45) is 5.73 Å². The Morgan fingerprint density at radius 3 is 2.53 bits per heavy atom. The minimum atomic E-state index is -0.117. The monoisotopic (exact) mass is 211 g/mol. The first-order chi connectivity index (χ1) is 6.95. The van der Waals surface area contributed by atoms with Crippen molar-refractivity contribution >= 4 is 0 Å². The maximum absolute atomic E-state index is 5.94. The quantitative estimate of drug-likeness (QED) is 0.831. The number of hydrogen-bond donors (Lipinski definition) is 1. The third-order valence-electron chi connectivity index (χ3n) is 2.30. The Kier molecular flexibility index (Phi) is 3.85. The lowest BCUT2D eigenvalue weighted by Gasteiger charge is -2.11. The molecule has 0 saturated heterocycles. The molecule has 0 fully saturated rings. The van der Waals surface area contributed by atoms with Crippen LogP contribution in [0.2, 0.25) is 0 Å². The lowest BCUT2D eigenvalue weighted by Crippen LogP contribution is -2.15. The number of hydrogen-bond acceptors (Lipinski definition) is 4. The highest BCUT2D eigenvalue weighted by Gasteiger charge is 2.22. The van der Waals surface area contributed by atoms with Crippen LogP contribution in [0.1, 0.15) is 64.7 Å². The molecule has 1 unspecified atom stereocenters. The van der Waals surface area contributed by atoms with Crippen LogP contribution in [0.5, 0.6) is 0 Å². The van der Waals surface area contributed by atoms with Gasteiger partial charge < -0.3 is 10.3 Å². The molecule has 0 aliphatic carbocycles. The fourth-order valence-corrected chi connectivity index (χ4v) is 1.24. The summed E-state index contributed by atoms with van der Waals surface area (Å²) in [5.74, 6) is 1.29. The Hall–Kier alpha value is -0.900. The molecule has 0 radical (unpaired) electrons. The molecule has 1 aromatic rings. The number of rotatable bonds is 4. The van der Waals surface area contributed by atoms with Gasteiger partial charge in [-0.15, -0.1) is 0 Å². The van der Waals surface area contributed by atoms with Crippen molar-refractivity contribution in [1.82, 2.24) is 10.1 Å². The second-order valence-electron chi connectivity index (χ2n) is 4.95. The van der Waals surface area contributed by atoms with Gasteiger partial charge in [0.2, 0.25) is 5.89 Å². The first-order valence-corrected chi connectivity index (χ1v) is 5.54. The van der Waals surface area contributed by atoms with Crippen LogP contribution in [-0.2, 0) is 5.41 Å². The average molecular weight is 211 g/mol. The molecule has 15 heavy (non-hydrogen) atoms. The van der Waals surface area contributed by atoms with Crippen LogP contribution in [-0.4, -0.2) is 10.1 Å². The molecule has 0 saturated carbocycles. The van der Waals surface area contributed by atoms with Crippen LogP contribution in [0.15, 0.2) is 4.52 Å². The van der Waals surface area contributed by atoms with E-state index >= 15 is 0 Å².